The molecular formula is C20H22FN3O3. The van der Waals surface area contributed by atoms with Crippen molar-refractivity contribution in [2.24, 2.45) is 0 Å². The van der Waals surface area contributed by atoms with E-state index in [4.69, 9.17) is 4.74 Å². The summed E-state index contributed by atoms with van der Waals surface area (Å²) < 4.78 is 19.9. The van der Waals surface area contributed by atoms with Crippen LogP contribution >= 0.6 is 0 Å². The first-order valence-electron chi connectivity index (χ1n) is 8.80. The third-order valence-corrected chi connectivity index (χ3v) is 4.36. The molecule has 7 heteroatoms. The molecule has 0 saturated heterocycles. The van der Waals surface area contributed by atoms with Gasteiger partial charge < -0.3 is 14.6 Å². The Morgan fingerprint density at radius 1 is 1.22 bits per heavy atom. The van der Waals surface area contributed by atoms with Crippen LogP contribution in [0.4, 0.5) is 4.39 Å². The maximum atomic E-state index is 13.0. The quantitative estimate of drug-likeness (QED) is 0.650. The molecule has 0 aliphatic heterocycles. The number of nitrogens with zero attached hydrogens (tertiary/aromatic N) is 2. The number of H-pyrrole nitrogens is 1. The minimum absolute atomic E-state index is 0.177. The summed E-state index contributed by atoms with van der Waals surface area (Å²) in [5.41, 5.74) is 2.43. The van der Waals surface area contributed by atoms with Crippen LogP contribution in [0.5, 0.6) is 0 Å². The van der Waals surface area contributed by atoms with Crippen molar-refractivity contribution in [3.63, 3.8) is 0 Å². The maximum Gasteiger partial charge on any atom is 0.326 e. The molecule has 1 amide bonds. The standard InChI is InChI=1S/C20H22FN3O3/c1-3-27-11-10-24-18-9-6-15(12-17(18)22-20(24)26)19(25)23(2)13-14-4-7-16(21)8-5-14/h4-9,12H,3,10-11,13H2,1-2H3,(H,22,26). The zero-order chi connectivity index (χ0) is 19.4. The van der Waals surface area contributed by atoms with Gasteiger partial charge in [-0.05, 0) is 42.8 Å². The van der Waals surface area contributed by atoms with Gasteiger partial charge in [-0.3, -0.25) is 9.36 Å². The van der Waals surface area contributed by atoms with Gasteiger partial charge in [0.1, 0.15) is 5.82 Å². The van der Waals surface area contributed by atoms with Crippen molar-refractivity contribution in [2.45, 2.75) is 20.0 Å². The van der Waals surface area contributed by atoms with Crippen molar-refractivity contribution in [3.8, 4) is 0 Å². The van der Waals surface area contributed by atoms with Crippen LogP contribution in [0, 0.1) is 5.82 Å². The van der Waals surface area contributed by atoms with Gasteiger partial charge in [0.15, 0.2) is 0 Å². The van der Waals surface area contributed by atoms with Crippen molar-refractivity contribution in [3.05, 3.63) is 69.9 Å². The Morgan fingerprint density at radius 2 is 1.96 bits per heavy atom. The van der Waals surface area contributed by atoms with Crippen LogP contribution in [0.1, 0.15) is 22.8 Å². The van der Waals surface area contributed by atoms with Crippen molar-refractivity contribution in [1.82, 2.24) is 14.5 Å². The van der Waals surface area contributed by atoms with Gasteiger partial charge in [0.2, 0.25) is 0 Å². The summed E-state index contributed by atoms with van der Waals surface area (Å²) >= 11 is 0. The van der Waals surface area contributed by atoms with E-state index in [0.717, 1.165) is 11.1 Å². The number of halogens is 1. The van der Waals surface area contributed by atoms with E-state index < -0.39 is 0 Å². The number of aromatic nitrogens is 2. The molecule has 0 spiro atoms. The predicted octanol–water partition coefficient (Wildman–Crippen LogP) is 2.78. The fourth-order valence-corrected chi connectivity index (χ4v) is 2.97. The summed E-state index contributed by atoms with van der Waals surface area (Å²) in [6.07, 6.45) is 0. The Labute approximate surface area is 156 Å². The summed E-state index contributed by atoms with van der Waals surface area (Å²) in [4.78, 5) is 29.2. The van der Waals surface area contributed by atoms with Gasteiger partial charge in [-0.25, -0.2) is 9.18 Å². The maximum absolute atomic E-state index is 13.0. The Bertz CT molecular complexity index is 992. The molecular weight excluding hydrogens is 349 g/mol. The molecule has 3 aromatic rings. The third kappa shape index (κ3) is 4.25. The van der Waals surface area contributed by atoms with Crippen LogP contribution < -0.4 is 5.69 Å². The van der Waals surface area contributed by atoms with Crippen LogP contribution in [0.3, 0.4) is 0 Å². The number of carbonyl (C=O) groups excluding carboxylic acids is 1. The smallest absolute Gasteiger partial charge is 0.326 e. The van der Waals surface area contributed by atoms with Crippen LogP contribution in [0.15, 0.2) is 47.3 Å². The summed E-state index contributed by atoms with van der Waals surface area (Å²) in [6, 6.07) is 11.2. The normalized spacial score (nSPS) is 11.1. The highest BCUT2D eigenvalue weighted by atomic mass is 19.1. The lowest BCUT2D eigenvalue weighted by Crippen LogP contribution is -2.26. The Morgan fingerprint density at radius 3 is 2.67 bits per heavy atom. The molecule has 3 rings (SSSR count). The Balaban J connectivity index is 1.78. The van der Waals surface area contributed by atoms with Gasteiger partial charge in [0, 0.05) is 25.8 Å². The molecule has 142 valence electrons. The van der Waals surface area contributed by atoms with E-state index in [0.29, 0.717) is 37.4 Å². The monoisotopic (exact) mass is 371 g/mol. The number of hydrogen-bond donors (Lipinski definition) is 1. The third-order valence-electron chi connectivity index (χ3n) is 4.36. The van der Waals surface area contributed by atoms with E-state index in [1.807, 2.05) is 6.92 Å². The largest absolute Gasteiger partial charge is 0.380 e. The van der Waals surface area contributed by atoms with Crippen molar-refractivity contribution in [1.29, 1.82) is 0 Å². The first-order chi connectivity index (χ1) is 13.0. The van der Waals surface area contributed by atoms with Crippen molar-refractivity contribution in [2.75, 3.05) is 20.3 Å². The molecule has 27 heavy (non-hydrogen) atoms. The molecule has 1 heterocycles. The second-order valence-corrected chi connectivity index (χ2v) is 6.30. The summed E-state index contributed by atoms with van der Waals surface area (Å²) in [5, 5.41) is 0. The Hall–Kier alpha value is -2.93. The highest BCUT2D eigenvalue weighted by molar-refractivity contribution is 5.97. The minimum Gasteiger partial charge on any atom is -0.380 e. The molecule has 0 bridgehead atoms. The summed E-state index contributed by atoms with van der Waals surface area (Å²) in [6.45, 7) is 3.76. The molecule has 0 radical (unpaired) electrons. The molecule has 0 aliphatic rings. The zero-order valence-corrected chi connectivity index (χ0v) is 15.4. The van der Waals surface area contributed by atoms with E-state index in [-0.39, 0.29) is 17.4 Å². The van der Waals surface area contributed by atoms with Gasteiger partial charge in [0.05, 0.1) is 24.2 Å². The number of nitrogens with one attached hydrogen (secondary N) is 1. The number of aromatic amines is 1. The molecule has 0 aliphatic carbocycles. The number of fused-ring (bicyclic) bond motifs is 1. The van der Waals surface area contributed by atoms with E-state index in [1.165, 1.54) is 12.1 Å². The number of imidazole rings is 1. The number of ether oxygens (including phenoxy) is 1. The van der Waals surface area contributed by atoms with Crippen LogP contribution in [-0.2, 0) is 17.8 Å². The van der Waals surface area contributed by atoms with Gasteiger partial charge >= 0.3 is 5.69 Å². The first-order valence-corrected chi connectivity index (χ1v) is 8.80. The average molecular weight is 371 g/mol. The number of carbonyl (C=O) groups is 1. The minimum atomic E-state index is -0.309. The lowest BCUT2D eigenvalue weighted by Gasteiger charge is -2.17. The first kappa shape index (κ1) is 18.8. The second-order valence-electron chi connectivity index (χ2n) is 6.30. The molecule has 1 N–H and O–H groups in total. The van der Waals surface area contributed by atoms with Gasteiger partial charge in [-0.1, -0.05) is 12.1 Å². The van der Waals surface area contributed by atoms with Crippen LogP contribution in [0.2, 0.25) is 0 Å². The van der Waals surface area contributed by atoms with Crippen molar-refractivity contribution >= 4 is 16.9 Å². The summed E-state index contributed by atoms with van der Waals surface area (Å²) in [7, 11) is 1.69. The van der Waals surface area contributed by atoms with E-state index in [2.05, 4.69) is 4.98 Å². The van der Waals surface area contributed by atoms with Gasteiger partial charge in [-0.2, -0.15) is 0 Å². The summed E-state index contributed by atoms with van der Waals surface area (Å²) in [5.74, 6) is -0.486. The van der Waals surface area contributed by atoms with E-state index in [1.54, 1.807) is 46.8 Å². The number of benzene rings is 2. The molecule has 0 saturated carbocycles. The lowest BCUT2D eigenvalue weighted by atomic mass is 10.1. The number of rotatable bonds is 7. The fourth-order valence-electron chi connectivity index (χ4n) is 2.97. The SMILES string of the molecule is CCOCCn1c(=O)[nH]c2cc(C(=O)N(C)Cc3ccc(F)cc3)ccc21. The average Bonchev–Trinajstić information content (AvgIpc) is 2.97. The molecule has 0 unspecified atom stereocenters. The predicted molar refractivity (Wildman–Crippen MR) is 101 cm³/mol. The lowest BCUT2D eigenvalue weighted by molar-refractivity contribution is 0.0785. The van der Waals surface area contributed by atoms with E-state index in [9.17, 15) is 14.0 Å². The second kappa shape index (κ2) is 8.18. The Kier molecular flexibility index (Phi) is 5.71. The molecule has 0 fully saturated rings. The molecule has 1 aromatic heterocycles. The number of amides is 1. The van der Waals surface area contributed by atoms with Gasteiger partial charge in [-0.15, -0.1) is 0 Å². The van der Waals surface area contributed by atoms with Crippen molar-refractivity contribution < 1.29 is 13.9 Å². The fraction of sp³-hybridized carbons (Fsp3) is 0.300. The van der Waals surface area contributed by atoms with Crippen LogP contribution in [-0.4, -0.2) is 40.6 Å². The van der Waals surface area contributed by atoms with E-state index >= 15 is 0 Å². The highest BCUT2D eigenvalue weighted by Gasteiger charge is 2.15. The zero-order valence-electron chi connectivity index (χ0n) is 15.4. The van der Waals surface area contributed by atoms with Crippen LogP contribution in [0.25, 0.3) is 11.0 Å². The molecule has 0 atom stereocenters. The number of hydrogen-bond acceptors (Lipinski definition) is 3. The molecule has 6 nitrogen and oxygen atoms in total. The van der Waals surface area contributed by atoms with Gasteiger partial charge in [0.25, 0.3) is 5.91 Å². The highest BCUT2D eigenvalue weighted by Crippen LogP contribution is 2.15. The topological polar surface area (TPSA) is 67.3 Å². The molecule has 2 aromatic carbocycles.